The number of aryl methyl sites for hydroxylation is 1. The highest BCUT2D eigenvalue weighted by molar-refractivity contribution is 6.28. The number of carbonyl (C=O) groups is 1. The van der Waals surface area contributed by atoms with Crippen molar-refractivity contribution in [2.24, 2.45) is 0 Å². The van der Waals surface area contributed by atoms with Crippen LogP contribution >= 0.6 is 11.6 Å². The average molecular weight is 268 g/mol. The van der Waals surface area contributed by atoms with Gasteiger partial charge in [0.05, 0.1) is 12.1 Å². The Hall–Kier alpha value is -2.15. The molecule has 0 aliphatic heterocycles. The molecule has 0 saturated heterocycles. The molecule has 2 aromatic rings. The highest BCUT2D eigenvalue weighted by Gasteiger charge is 2.08. The molecular formula is C10H10ClN5O2. The minimum absolute atomic E-state index is 0.0106. The van der Waals surface area contributed by atoms with Gasteiger partial charge in [0.15, 0.2) is 5.82 Å². The predicted molar refractivity (Wildman–Crippen MR) is 65.0 cm³/mol. The molecule has 3 N–H and O–H groups in total. The largest absolute Gasteiger partial charge is 0.481 e. The summed E-state index contributed by atoms with van der Waals surface area (Å²) in [5.41, 5.74) is 1.22. The van der Waals surface area contributed by atoms with Crippen LogP contribution in [0.25, 0.3) is 0 Å². The van der Waals surface area contributed by atoms with E-state index < -0.39 is 5.97 Å². The summed E-state index contributed by atoms with van der Waals surface area (Å²) in [5.74, 6) is -0.00683. The Morgan fingerprint density at radius 1 is 1.44 bits per heavy atom. The van der Waals surface area contributed by atoms with Gasteiger partial charge in [-0.05, 0) is 18.5 Å². The number of carboxylic acids is 1. The van der Waals surface area contributed by atoms with Crippen molar-refractivity contribution in [2.75, 3.05) is 5.32 Å². The SMILES string of the molecule is Cc1cc(Nc2cc(CC(=O)O)nc(Cl)n2)n[nH]1. The van der Waals surface area contributed by atoms with E-state index in [1.165, 1.54) is 6.07 Å². The molecule has 0 bridgehead atoms. The first kappa shape index (κ1) is 12.3. The van der Waals surface area contributed by atoms with Gasteiger partial charge in [0.2, 0.25) is 5.28 Å². The first-order chi connectivity index (χ1) is 8.52. The third-order valence-electron chi connectivity index (χ3n) is 2.05. The van der Waals surface area contributed by atoms with E-state index in [1.807, 2.05) is 6.92 Å². The number of nitrogens with zero attached hydrogens (tertiary/aromatic N) is 3. The molecule has 2 aromatic heterocycles. The van der Waals surface area contributed by atoms with Crippen molar-refractivity contribution in [3.8, 4) is 0 Å². The van der Waals surface area contributed by atoms with Crippen LogP contribution in [0.5, 0.6) is 0 Å². The third kappa shape index (κ3) is 3.17. The Bertz CT molecular complexity index is 583. The molecule has 2 rings (SSSR count). The van der Waals surface area contributed by atoms with Crippen molar-refractivity contribution in [1.82, 2.24) is 20.2 Å². The number of aromatic amines is 1. The number of aromatic nitrogens is 4. The topological polar surface area (TPSA) is 104 Å². The predicted octanol–water partition coefficient (Wildman–Crippen LogP) is 1.53. The lowest BCUT2D eigenvalue weighted by Gasteiger charge is -2.04. The second-order valence-corrected chi connectivity index (χ2v) is 3.98. The van der Waals surface area contributed by atoms with Crippen LogP contribution in [0.4, 0.5) is 11.6 Å². The number of carboxylic acid groups (broad SMARTS) is 1. The fraction of sp³-hybridized carbons (Fsp3) is 0.200. The number of anilines is 2. The summed E-state index contributed by atoms with van der Waals surface area (Å²) in [6.45, 7) is 1.86. The number of H-pyrrole nitrogens is 1. The molecule has 94 valence electrons. The van der Waals surface area contributed by atoms with E-state index >= 15 is 0 Å². The van der Waals surface area contributed by atoms with Gasteiger partial charge < -0.3 is 10.4 Å². The highest BCUT2D eigenvalue weighted by Crippen LogP contribution is 2.16. The summed E-state index contributed by atoms with van der Waals surface area (Å²) in [6, 6.07) is 3.30. The van der Waals surface area contributed by atoms with Crippen LogP contribution < -0.4 is 5.32 Å². The van der Waals surface area contributed by atoms with E-state index in [2.05, 4.69) is 25.5 Å². The summed E-state index contributed by atoms with van der Waals surface area (Å²) in [4.78, 5) is 18.4. The van der Waals surface area contributed by atoms with Crippen molar-refractivity contribution in [1.29, 1.82) is 0 Å². The fourth-order valence-corrected chi connectivity index (χ4v) is 1.59. The molecule has 0 unspecified atom stereocenters. The first-order valence-electron chi connectivity index (χ1n) is 5.07. The van der Waals surface area contributed by atoms with E-state index in [-0.39, 0.29) is 11.7 Å². The smallest absolute Gasteiger partial charge is 0.309 e. The standard InChI is InChI=1S/C10H10ClN5O2/c1-5-2-8(16-15-5)13-7-3-6(4-9(17)18)12-10(11)14-7/h2-3H,4H2,1H3,(H,17,18)(H2,12,13,14,15,16). The lowest BCUT2D eigenvalue weighted by atomic mass is 10.3. The van der Waals surface area contributed by atoms with Crippen molar-refractivity contribution in [3.05, 3.63) is 28.8 Å². The zero-order valence-electron chi connectivity index (χ0n) is 9.44. The molecule has 0 saturated carbocycles. The van der Waals surface area contributed by atoms with E-state index in [0.29, 0.717) is 17.3 Å². The Balaban J connectivity index is 2.22. The zero-order chi connectivity index (χ0) is 13.1. The lowest BCUT2D eigenvalue weighted by Crippen LogP contribution is -2.05. The second kappa shape index (κ2) is 5.01. The molecule has 8 heteroatoms. The number of halogens is 1. The summed E-state index contributed by atoms with van der Waals surface area (Å²) in [7, 11) is 0. The lowest BCUT2D eigenvalue weighted by molar-refractivity contribution is -0.136. The number of rotatable bonds is 4. The van der Waals surface area contributed by atoms with Crippen LogP contribution in [-0.4, -0.2) is 31.2 Å². The normalized spacial score (nSPS) is 10.3. The number of hydrogen-bond donors (Lipinski definition) is 3. The van der Waals surface area contributed by atoms with Gasteiger partial charge in [0.1, 0.15) is 5.82 Å². The first-order valence-corrected chi connectivity index (χ1v) is 5.45. The molecule has 7 nitrogen and oxygen atoms in total. The molecule has 0 spiro atoms. The van der Waals surface area contributed by atoms with Crippen LogP contribution in [0, 0.1) is 6.92 Å². The van der Waals surface area contributed by atoms with Crippen LogP contribution in [-0.2, 0) is 11.2 Å². The van der Waals surface area contributed by atoms with Gasteiger partial charge in [-0.2, -0.15) is 5.10 Å². The van der Waals surface area contributed by atoms with Crippen molar-refractivity contribution >= 4 is 29.2 Å². The maximum Gasteiger partial charge on any atom is 0.309 e. The van der Waals surface area contributed by atoms with Crippen LogP contribution in [0.3, 0.4) is 0 Å². The fourth-order valence-electron chi connectivity index (χ4n) is 1.39. The number of nitrogens with one attached hydrogen (secondary N) is 2. The monoisotopic (exact) mass is 267 g/mol. The van der Waals surface area contributed by atoms with E-state index in [0.717, 1.165) is 5.69 Å². The molecule has 0 atom stereocenters. The second-order valence-electron chi connectivity index (χ2n) is 3.65. The minimum Gasteiger partial charge on any atom is -0.481 e. The molecule has 18 heavy (non-hydrogen) atoms. The summed E-state index contributed by atoms with van der Waals surface area (Å²) < 4.78 is 0. The molecule has 0 amide bonds. The van der Waals surface area contributed by atoms with Gasteiger partial charge in [0, 0.05) is 17.8 Å². The van der Waals surface area contributed by atoms with E-state index in [1.54, 1.807) is 6.07 Å². The van der Waals surface area contributed by atoms with Gasteiger partial charge in [-0.15, -0.1) is 0 Å². The summed E-state index contributed by atoms with van der Waals surface area (Å²) >= 11 is 5.72. The van der Waals surface area contributed by atoms with Gasteiger partial charge in [-0.1, -0.05) is 0 Å². The summed E-state index contributed by atoms with van der Waals surface area (Å²) in [6.07, 6.45) is -0.212. The highest BCUT2D eigenvalue weighted by atomic mass is 35.5. The number of aliphatic carboxylic acids is 1. The molecule has 0 radical (unpaired) electrons. The van der Waals surface area contributed by atoms with Crippen LogP contribution in [0.2, 0.25) is 5.28 Å². The Labute approximate surface area is 107 Å². The van der Waals surface area contributed by atoms with Gasteiger partial charge in [-0.25, -0.2) is 9.97 Å². The third-order valence-corrected chi connectivity index (χ3v) is 2.22. The van der Waals surface area contributed by atoms with E-state index in [9.17, 15) is 4.79 Å². The van der Waals surface area contributed by atoms with Gasteiger partial charge in [0.25, 0.3) is 0 Å². The average Bonchev–Trinajstić information content (AvgIpc) is 2.61. The molecule has 0 aliphatic rings. The maximum absolute atomic E-state index is 10.6. The molecule has 0 aliphatic carbocycles. The zero-order valence-corrected chi connectivity index (χ0v) is 10.2. The van der Waals surface area contributed by atoms with Crippen molar-refractivity contribution in [2.45, 2.75) is 13.3 Å². The maximum atomic E-state index is 10.6. The Kier molecular flexibility index (Phi) is 3.42. The Morgan fingerprint density at radius 2 is 2.22 bits per heavy atom. The molecule has 0 aromatic carbocycles. The molecule has 0 fully saturated rings. The van der Waals surface area contributed by atoms with Gasteiger partial charge >= 0.3 is 5.97 Å². The quantitative estimate of drug-likeness (QED) is 0.726. The Morgan fingerprint density at radius 3 is 2.83 bits per heavy atom. The summed E-state index contributed by atoms with van der Waals surface area (Å²) in [5, 5.41) is 18.3. The molecular weight excluding hydrogens is 258 g/mol. The molecule has 2 heterocycles. The van der Waals surface area contributed by atoms with Crippen LogP contribution in [0.1, 0.15) is 11.4 Å². The van der Waals surface area contributed by atoms with Crippen LogP contribution in [0.15, 0.2) is 12.1 Å². The van der Waals surface area contributed by atoms with E-state index in [4.69, 9.17) is 16.7 Å². The number of hydrogen-bond acceptors (Lipinski definition) is 5. The van der Waals surface area contributed by atoms with Crippen molar-refractivity contribution in [3.63, 3.8) is 0 Å². The minimum atomic E-state index is -0.980. The van der Waals surface area contributed by atoms with Crippen molar-refractivity contribution < 1.29 is 9.90 Å². The van der Waals surface area contributed by atoms with Gasteiger partial charge in [-0.3, -0.25) is 9.89 Å².